The van der Waals surface area contributed by atoms with Gasteiger partial charge in [0.05, 0.1) is 6.42 Å². The highest BCUT2D eigenvalue weighted by molar-refractivity contribution is 6.68. The summed E-state index contributed by atoms with van der Waals surface area (Å²) in [5.41, 5.74) is 0. The Morgan fingerprint density at radius 3 is 2.18 bits per heavy atom. The van der Waals surface area contributed by atoms with Gasteiger partial charge in [-0.25, -0.2) is 0 Å². The molecule has 1 unspecified atom stereocenters. The zero-order chi connectivity index (χ0) is 9.07. The van der Waals surface area contributed by atoms with Crippen molar-refractivity contribution in [1.29, 1.82) is 0 Å². The van der Waals surface area contributed by atoms with Crippen molar-refractivity contribution in [3.8, 4) is 0 Å². The Labute approximate surface area is 79.2 Å². The third-order valence-corrected chi connectivity index (χ3v) is 1.74. The van der Waals surface area contributed by atoms with E-state index < -0.39 is 15.9 Å². The molecule has 0 rings (SSSR count). The summed E-state index contributed by atoms with van der Waals surface area (Å²) in [6, 6.07) is 0. The molecule has 3 nitrogen and oxygen atoms in total. The molecular weight excluding hydrogens is 214 g/mol. The minimum Gasteiger partial charge on any atom is -0.481 e. The van der Waals surface area contributed by atoms with Gasteiger partial charge in [0.1, 0.15) is 6.10 Å². The van der Waals surface area contributed by atoms with E-state index in [2.05, 4.69) is 4.74 Å². The second-order valence-electron chi connectivity index (χ2n) is 1.86. The molecule has 66 valence electrons. The van der Waals surface area contributed by atoms with Crippen LogP contribution in [0.15, 0.2) is 0 Å². The fraction of sp³-hybridized carbons (Fsp3) is 0.800. The van der Waals surface area contributed by atoms with E-state index >= 15 is 0 Å². The first-order chi connectivity index (χ1) is 4.88. The summed E-state index contributed by atoms with van der Waals surface area (Å²) in [5.74, 6) is -1.07. The zero-order valence-electron chi connectivity index (χ0n) is 5.68. The van der Waals surface area contributed by atoms with Crippen LogP contribution in [-0.2, 0) is 9.53 Å². The summed E-state index contributed by atoms with van der Waals surface area (Å²) < 4.78 is 2.96. The number of carbonyl (C=O) groups is 1. The van der Waals surface area contributed by atoms with Crippen LogP contribution in [0.25, 0.3) is 0 Å². The largest absolute Gasteiger partial charge is 0.481 e. The van der Waals surface area contributed by atoms with Crippen molar-refractivity contribution in [3.63, 3.8) is 0 Å². The third-order valence-electron chi connectivity index (χ3n) is 1.01. The average molecular weight is 221 g/mol. The molecule has 0 saturated carbocycles. The number of aliphatic carboxylic acids is 1. The molecule has 11 heavy (non-hydrogen) atoms. The summed E-state index contributed by atoms with van der Waals surface area (Å²) in [6.07, 6.45) is -1.24. The standard InChI is InChI=1S/C5H7Cl3O3/c1-11-3(2-4(9)10)5(6,7)8/h3H,2H2,1H3,(H,9,10). The summed E-state index contributed by atoms with van der Waals surface area (Å²) in [4.78, 5) is 10.2. The molecule has 0 aromatic carbocycles. The molecule has 0 fully saturated rings. The molecule has 1 N–H and O–H groups in total. The molecule has 0 aromatic rings. The Morgan fingerprint density at radius 2 is 2.09 bits per heavy atom. The van der Waals surface area contributed by atoms with Gasteiger partial charge in [-0.2, -0.15) is 0 Å². The van der Waals surface area contributed by atoms with E-state index in [1.54, 1.807) is 0 Å². The monoisotopic (exact) mass is 220 g/mol. The lowest BCUT2D eigenvalue weighted by atomic mass is 10.3. The van der Waals surface area contributed by atoms with Crippen LogP contribution in [0.4, 0.5) is 0 Å². The van der Waals surface area contributed by atoms with Crippen LogP contribution in [0.3, 0.4) is 0 Å². The lowest BCUT2D eigenvalue weighted by Gasteiger charge is -2.20. The highest BCUT2D eigenvalue weighted by Gasteiger charge is 2.34. The molecule has 1 atom stereocenters. The van der Waals surface area contributed by atoms with Crippen molar-refractivity contribution in [2.75, 3.05) is 7.11 Å². The fourth-order valence-corrected chi connectivity index (χ4v) is 0.990. The van der Waals surface area contributed by atoms with Crippen molar-refractivity contribution in [2.24, 2.45) is 0 Å². The van der Waals surface area contributed by atoms with Gasteiger partial charge in [0.15, 0.2) is 0 Å². The van der Waals surface area contributed by atoms with Crippen LogP contribution in [0.5, 0.6) is 0 Å². The lowest BCUT2D eigenvalue weighted by Crippen LogP contribution is -2.30. The molecule has 0 saturated heterocycles. The third kappa shape index (κ3) is 4.69. The topological polar surface area (TPSA) is 46.5 Å². The number of hydrogen-bond donors (Lipinski definition) is 1. The maximum Gasteiger partial charge on any atom is 0.306 e. The van der Waals surface area contributed by atoms with E-state index in [-0.39, 0.29) is 6.42 Å². The van der Waals surface area contributed by atoms with Crippen LogP contribution in [0.1, 0.15) is 6.42 Å². The molecule has 0 amide bonds. The summed E-state index contributed by atoms with van der Waals surface area (Å²) >= 11 is 16.2. The smallest absolute Gasteiger partial charge is 0.306 e. The van der Waals surface area contributed by atoms with E-state index in [4.69, 9.17) is 39.9 Å². The van der Waals surface area contributed by atoms with E-state index in [1.807, 2.05) is 0 Å². The second-order valence-corrected chi connectivity index (χ2v) is 4.23. The molecule has 0 radical (unpaired) electrons. The Bertz CT molecular complexity index is 142. The fourth-order valence-electron chi connectivity index (χ4n) is 0.491. The Kier molecular flexibility index (Phi) is 4.48. The van der Waals surface area contributed by atoms with Crippen LogP contribution in [0.2, 0.25) is 0 Å². The Morgan fingerprint density at radius 1 is 1.64 bits per heavy atom. The van der Waals surface area contributed by atoms with Gasteiger partial charge in [0.25, 0.3) is 0 Å². The van der Waals surface area contributed by atoms with Crippen molar-refractivity contribution >= 4 is 40.8 Å². The van der Waals surface area contributed by atoms with E-state index in [0.717, 1.165) is 0 Å². The number of ether oxygens (including phenoxy) is 1. The van der Waals surface area contributed by atoms with Gasteiger partial charge in [0.2, 0.25) is 3.79 Å². The van der Waals surface area contributed by atoms with Crippen LogP contribution < -0.4 is 0 Å². The molecule has 0 aliphatic carbocycles. The lowest BCUT2D eigenvalue weighted by molar-refractivity contribution is -0.139. The van der Waals surface area contributed by atoms with E-state index in [9.17, 15) is 4.79 Å². The molecular formula is C5H7Cl3O3. The van der Waals surface area contributed by atoms with E-state index in [0.29, 0.717) is 0 Å². The van der Waals surface area contributed by atoms with Gasteiger partial charge >= 0.3 is 5.97 Å². The first-order valence-electron chi connectivity index (χ1n) is 2.69. The summed E-state index contributed by atoms with van der Waals surface area (Å²) in [7, 11) is 1.29. The second kappa shape index (κ2) is 4.36. The van der Waals surface area contributed by atoms with Crippen molar-refractivity contribution < 1.29 is 14.6 Å². The number of rotatable bonds is 3. The van der Waals surface area contributed by atoms with Gasteiger partial charge in [-0.15, -0.1) is 0 Å². The molecule has 0 aromatic heterocycles. The highest BCUT2D eigenvalue weighted by atomic mass is 35.6. The van der Waals surface area contributed by atoms with Crippen molar-refractivity contribution in [2.45, 2.75) is 16.3 Å². The molecule has 0 aliphatic heterocycles. The Hall–Kier alpha value is 0.300. The highest BCUT2D eigenvalue weighted by Crippen LogP contribution is 2.33. The van der Waals surface area contributed by atoms with E-state index in [1.165, 1.54) is 7.11 Å². The number of halogens is 3. The zero-order valence-corrected chi connectivity index (χ0v) is 7.95. The molecule has 0 aliphatic rings. The summed E-state index contributed by atoms with van der Waals surface area (Å²) in [6.45, 7) is 0. The maximum absolute atomic E-state index is 10.2. The number of carboxylic acids is 1. The normalized spacial score (nSPS) is 14.5. The minimum atomic E-state index is -1.69. The number of methoxy groups -OCH3 is 1. The minimum absolute atomic E-state index is 0.326. The van der Waals surface area contributed by atoms with Crippen molar-refractivity contribution in [3.05, 3.63) is 0 Å². The van der Waals surface area contributed by atoms with Gasteiger partial charge < -0.3 is 9.84 Å². The van der Waals surface area contributed by atoms with Gasteiger partial charge in [-0.3, -0.25) is 4.79 Å². The number of alkyl halides is 3. The van der Waals surface area contributed by atoms with Gasteiger partial charge in [-0.05, 0) is 0 Å². The maximum atomic E-state index is 10.2. The summed E-state index contributed by atoms with van der Waals surface area (Å²) in [5, 5.41) is 8.32. The predicted octanol–water partition coefficient (Wildman–Crippen LogP) is 1.85. The van der Waals surface area contributed by atoms with Crippen LogP contribution in [0, 0.1) is 0 Å². The number of hydrogen-bond acceptors (Lipinski definition) is 2. The van der Waals surface area contributed by atoms with Gasteiger partial charge in [0, 0.05) is 7.11 Å². The molecule has 0 spiro atoms. The average Bonchev–Trinajstić information content (AvgIpc) is 1.79. The van der Waals surface area contributed by atoms with Crippen LogP contribution >= 0.6 is 34.8 Å². The Balaban J connectivity index is 4.07. The first kappa shape index (κ1) is 11.3. The molecule has 6 heteroatoms. The quantitative estimate of drug-likeness (QED) is 0.740. The first-order valence-corrected chi connectivity index (χ1v) is 3.82. The van der Waals surface area contributed by atoms with Crippen molar-refractivity contribution in [1.82, 2.24) is 0 Å². The molecule has 0 heterocycles. The van der Waals surface area contributed by atoms with Crippen LogP contribution in [-0.4, -0.2) is 28.1 Å². The van der Waals surface area contributed by atoms with Gasteiger partial charge in [-0.1, -0.05) is 34.8 Å². The molecule has 0 bridgehead atoms. The number of carboxylic acid groups (broad SMARTS) is 1. The SMILES string of the molecule is COC(CC(=O)O)C(Cl)(Cl)Cl. The predicted molar refractivity (Wildman–Crippen MR) is 43.3 cm³/mol.